The largest absolute Gasteiger partial charge is 0.367 e. The Balaban J connectivity index is 1.55. The molecule has 2 aromatic rings. The van der Waals surface area contributed by atoms with Crippen molar-refractivity contribution in [2.45, 2.75) is 6.92 Å². The number of halogens is 1. The lowest BCUT2D eigenvalue weighted by atomic mass is 10.1. The highest BCUT2D eigenvalue weighted by molar-refractivity contribution is 5.52. The normalized spacial score (nSPS) is 16.6. The number of para-hydroxylation sites is 1. The maximum absolute atomic E-state index is 13.9. The number of benzene rings is 2. The lowest BCUT2D eigenvalue weighted by Crippen LogP contribution is -2.47. The standard InChI is InChI=1S/C20H23FN2/c1-17(15-18-7-3-2-4-8-18)16-22-11-13-23(14-12-22)20-10-6-5-9-19(20)21/h2-10,15H,11-14,16H2,1H3/b17-15-. The molecule has 0 N–H and O–H groups in total. The molecule has 1 aliphatic rings. The minimum absolute atomic E-state index is 0.124. The Morgan fingerprint density at radius 2 is 1.61 bits per heavy atom. The van der Waals surface area contributed by atoms with E-state index in [1.807, 2.05) is 18.2 Å². The lowest BCUT2D eigenvalue weighted by molar-refractivity contribution is 0.278. The first-order valence-electron chi connectivity index (χ1n) is 8.16. The van der Waals surface area contributed by atoms with Gasteiger partial charge in [-0.3, -0.25) is 4.90 Å². The van der Waals surface area contributed by atoms with Gasteiger partial charge in [0.2, 0.25) is 0 Å². The maximum Gasteiger partial charge on any atom is 0.146 e. The molecule has 1 heterocycles. The summed E-state index contributed by atoms with van der Waals surface area (Å²) in [5.74, 6) is -0.124. The molecular weight excluding hydrogens is 287 g/mol. The molecule has 0 bridgehead atoms. The predicted molar refractivity (Wildman–Crippen MR) is 95.1 cm³/mol. The molecule has 2 nitrogen and oxygen atoms in total. The fourth-order valence-corrected chi connectivity index (χ4v) is 3.09. The molecule has 0 saturated carbocycles. The number of anilines is 1. The van der Waals surface area contributed by atoms with E-state index in [1.54, 1.807) is 6.07 Å². The molecule has 1 aliphatic heterocycles. The summed E-state index contributed by atoms with van der Waals surface area (Å²) in [6.45, 7) is 6.83. The van der Waals surface area contributed by atoms with Crippen LogP contribution < -0.4 is 4.90 Å². The predicted octanol–water partition coefficient (Wildman–Crippen LogP) is 4.05. The van der Waals surface area contributed by atoms with Gasteiger partial charge in [-0.25, -0.2) is 4.39 Å². The van der Waals surface area contributed by atoms with Crippen LogP contribution in [0.25, 0.3) is 6.08 Å². The SMILES string of the molecule is C/C(=C/c1ccccc1)CN1CCN(c2ccccc2F)CC1. The van der Waals surface area contributed by atoms with E-state index < -0.39 is 0 Å². The van der Waals surface area contributed by atoms with Crippen LogP contribution >= 0.6 is 0 Å². The molecular formula is C20H23FN2. The van der Waals surface area contributed by atoms with E-state index in [2.05, 4.69) is 47.1 Å². The van der Waals surface area contributed by atoms with Gasteiger partial charge in [0.25, 0.3) is 0 Å². The zero-order valence-corrected chi connectivity index (χ0v) is 13.6. The molecule has 2 aromatic carbocycles. The van der Waals surface area contributed by atoms with E-state index >= 15 is 0 Å². The number of piperazine rings is 1. The van der Waals surface area contributed by atoms with Crippen molar-refractivity contribution in [1.82, 2.24) is 4.90 Å². The number of hydrogen-bond acceptors (Lipinski definition) is 2. The molecule has 0 aromatic heterocycles. The quantitative estimate of drug-likeness (QED) is 0.840. The summed E-state index contributed by atoms with van der Waals surface area (Å²) in [7, 11) is 0. The number of nitrogens with zero attached hydrogens (tertiary/aromatic N) is 2. The Labute approximate surface area is 137 Å². The fourth-order valence-electron chi connectivity index (χ4n) is 3.09. The zero-order valence-electron chi connectivity index (χ0n) is 13.6. The molecule has 1 saturated heterocycles. The second-order valence-corrected chi connectivity index (χ2v) is 6.12. The summed E-state index contributed by atoms with van der Waals surface area (Å²) in [6.07, 6.45) is 2.24. The molecule has 3 rings (SSSR count). The molecule has 0 aliphatic carbocycles. The van der Waals surface area contributed by atoms with Crippen LogP contribution in [0.1, 0.15) is 12.5 Å². The van der Waals surface area contributed by atoms with Crippen molar-refractivity contribution in [3.8, 4) is 0 Å². The molecule has 0 radical (unpaired) electrons. The van der Waals surface area contributed by atoms with Gasteiger partial charge in [-0.2, -0.15) is 0 Å². The van der Waals surface area contributed by atoms with Gasteiger partial charge >= 0.3 is 0 Å². The van der Waals surface area contributed by atoms with Crippen LogP contribution in [-0.2, 0) is 0 Å². The average Bonchev–Trinajstić information content (AvgIpc) is 2.57. The van der Waals surface area contributed by atoms with Crippen LogP contribution in [0, 0.1) is 5.82 Å². The van der Waals surface area contributed by atoms with Crippen LogP contribution in [0.4, 0.5) is 10.1 Å². The fraction of sp³-hybridized carbons (Fsp3) is 0.300. The van der Waals surface area contributed by atoms with E-state index in [0.29, 0.717) is 0 Å². The van der Waals surface area contributed by atoms with Gasteiger partial charge in [-0.05, 0) is 24.6 Å². The minimum Gasteiger partial charge on any atom is -0.367 e. The van der Waals surface area contributed by atoms with Crippen molar-refractivity contribution in [2.24, 2.45) is 0 Å². The monoisotopic (exact) mass is 310 g/mol. The highest BCUT2D eigenvalue weighted by atomic mass is 19.1. The number of hydrogen-bond donors (Lipinski definition) is 0. The summed E-state index contributed by atoms with van der Waals surface area (Å²) in [5, 5.41) is 0. The summed E-state index contributed by atoms with van der Waals surface area (Å²) < 4.78 is 13.9. The lowest BCUT2D eigenvalue weighted by Gasteiger charge is -2.36. The first-order valence-corrected chi connectivity index (χ1v) is 8.16. The Kier molecular flexibility index (Phi) is 5.09. The Morgan fingerprint density at radius 3 is 2.30 bits per heavy atom. The summed E-state index contributed by atoms with van der Waals surface area (Å²) >= 11 is 0. The smallest absolute Gasteiger partial charge is 0.146 e. The molecule has 0 amide bonds. The van der Waals surface area contributed by atoms with Crippen molar-refractivity contribution >= 4 is 11.8 Å². The van der Waals surface area contributed by atoms with Crippen molar-refractivity contribution < 1.29 is 4.39 Å². The second kappa shape index (κ2) is 7.42. The Morgan fingerprint density at radius 1 is 0.957 bits per heavy atom. The molecule has 0 unspecified atom stereocenters. The van der Waals surface area contributed by atoms with E-state index in [1.165, 1.54) is 17.2 Å². The van der Waals surface area contributed by atoms with Crippen LogP contribution in [0.2, 0.25) is 0 Å². The molecule has 23 heavy (non-hydrogen) atoms. The van der Waals surface area contributed by atoms with Crippen LogP contribution in [0.5, 0.6) is 0 Å². The van der Waals surface area contributed by atoms with Crippen LogP contribution in [0.3, 0.4) is 0 Å². The second-order valence-electron chi connectivity index (χ2n) is 6.12. The summed E-state index contributed by atoms with van der Waals surface area (Å²) in [6, 6.07) is 17.5. The van der Waals surface area contributed by atoms with E-state index in [4.69, 9.17) is 0 Å². The van der Waals surface area contributed by atoms with Crippen LogP contribution in [-0.4, -0.2) is 37.6 Å². The van der Waals surface area contributed by atoms with Gasteiger partial charge in [0, 0.05) is 32.7 Å². The Bertz CT molecular complexity index is 658. The Hall–Kier alpha value is -2.13. The average molecular weight is 310 g/mol. The van der Waals surface area contributed by atoms with Gasteiger partial charge in [-0.1, -0.05) is 54.1 Å². The molecule has 0 spiro atoms. The summed E-state index contributed by atoms with van der Waals surface area (Å²) in [5.41, 5.74) is 3.33. The third-order valence-electron chi connectivity index (χ3n) is 4.25. The molecule has 3 heteroatoms. The van der Waals surface area contributed by atoms with E-state index in [0.717, 1.165) is 38.4 Å². The third-order valence-corrected chi connectivity index (χ3v) is 4.25. The van der Waals surface area contributed by atoms with Gasteiger partial charge in [-0.15, -0.1) is 0 Å². The van der Waals surface area contributed by atoms with Crippen molar-refractivity contribution in [1.29, 1.82) is 0 Å². The molecule has 1 fully saturated rings. The highest BCUT2D eigenvalue weighted by Crippen LogP contribution is 2.20. The van der Waals surface area contributed by atoms with Crippen LogP contribution in [0.15, 0.2) is 60.2 Å². The first kappa shape index (κ1) is 15.8. The molecule has 0 atom stereocenters. The van der Waals surface area contributed by atoms with Crippen molar-refractivity contribution in [2.75, 3.05) is 37.6 Å². The maximum atomic E-state index is 13.9. The topological polar surface area (TPSA) is 6.48 Å². The summed E-state index contributed by atoms with van der Waals surface area (Å²) in [4.78, 5) is 4.58. The third kappa shape index (κ3) is 4.20. The van der Waals surface area contributed by atoms with Gasteiger partial charge in [0.05, 0.1) is 5.69 Å². The van der Waals surface area contributed by atoms with Gasteiger partial charge in [0.15, 0.2) is 0 Å². The number of rotatable bonds is 4. The zero-order chi connectivity index (χ0) is 16.1. The van der Waals surface area contributed by atoms with Gasteiger partial charge in [0.1, 0.15) is 5.82 Å². The molecule has 120 valence electrons. The van der Waals surface area contributed by atoms with Crippen molar-refractivity contribution in [3.05, 3.63) is 71.6 Å². The highest BCUT2D eigenvalue weighted by Gasteiger charge is 2.19. The minimum atomic E-state index is -0.124. The van der Waals surface area contributed by atoms with E-state index in [9.17, 15) is 4.39 Å². The van der Waals surface area contributed by atoms with E-state index in [-0.39, 0.29) is 5.82 Å². The first-order chi connectivity index (χ1) is 11.2. The van der Waals surface area contributed by atoms with Crippen molar-refractivity contribution in [3.63, 3.8) is 0 Å². The van der Waals surface area contributed by atoms with Gasteiger partial charge < -0.3 is 4.90 Å².